The van der Waals surface area contributed by atoms with Crippen LogP contribution < -0.4 is 21.7 Å². The lowest BCUT2D eigenvalue weighted by Gasteiger charge is -2.22. The number of aromatic nitrogens is 2. The fourth-order valence-corrected chi connectivity index (χ4v) is 2.29. The van der Waals surface area contributed by atoms with Gasteiger partial charge in [0.2, 0.25) is 17.7 Å². The summed E-state index contributed by atoms with van der Waals surface area (Å²) in [6.07, 6.45) is 3.24. The molecule has 0 saturated carbocycles. The summed E-state index contributed by atoms with van der Waals surface area (Å²) < 4.78 is 0. The average molecular weight is 382 g/mol. The maximum Gasteiger partial charge on any atom is 0.326 e. The summed E-state index contributed by atoms with van der Waals surface area (Å²) in [4.78, 5) is 53.8. The Bertz CT molecular complexity index is 646. The topological polar surface area (TPSA) is 179 Å². The van der Waals surface area contributed by atoms with Crippen LogP contribution in [0.15, 0.2) is 12.5 Å². The van der Waals surface area contributed by atoms with Crippen LogP contribution in [0.1, 0.15) is 26.0 Å². The van der Waals surface area contributed by atoms with Crippen LogP contribution in [0.3, 0.4) is 0 Å². The largest absolute Gasteiger partial charge is 0.480 e. The highest BCUT2D eigenvalue weighted by Gasteiger charge is 2.27. The molecule has 1 heterocycles. The number of hydrogen-bond donors (Lipinski definition) is 6. The van der Waals surface area contributed by atoms with Crippen LogP contribution in [0.2, 0.25) is 0 Å². The number of rotatable bonds is 11. The van der Waals surface area contributed by atoms with Gasteiger partial charge in [-0.1, -0.05) is 13.8 Å². The minimum Gasteiger partial charge on any atom is -0.480 e. The van der Waals surface area contributed by atoms with Crippen molar-refractivity contribution in [3.8, 4) is 0 Å². The number of hydrogen-bond acceptors (Lipinski definition) is 6. The van der Waals surface area contributed by atoms with E-state index in [1.807, 2.05) is 13.8 Å². The minimum atomic E-state index is -1.15. The van der Waals surface area contributed by atoms with Gasteiger partial charge in [0, 0.05) is 18.3 Å². The van der Waals surface area contributed by atoms with Crippen molar-refractivity contribution in [3.05, 3.63) is 18.2 Å². The van der Waals surface area contributed by atoms with Crippen molar-refractivity contribution in [2.45, 2.75) is 38.8 Å². The molecule has 3 amide bonds. The molecule has 11 heteroatoms. The normalized spacial score (nSPS) is 12.9. The molecule has 1 aromatic heterocycles. The number of carbonyl (C=O) groups excluding carboxylic acids is 3. The second-order valence-electron chi connectivity index (χ2n) is 6.41. The summed E-state index contributed by atoms with van der Waals surface area (Å²) in [5.41, 5.74) is 5.73. The number of H-pyrrole nitrogens is 1. The number of carboxylic acids is 1. The number of nitrogens with one attached hydrogen (secondary N) is 4. The van der Waals surface area contributed by atoms with Crippen molar-refractivity contribution in [3.63, 3.8) is 0 Å². The molecule has 0 aromatic carbocycles. The first-order valence-corrected chi connectivity index (χ1v) is 8.49. The highest BCUT2D eigenvalue weighted by Crippen LogP contribution is 2.06. The zero-order chi connectivity index (χ0) is 20.4. The zero-order valence-corrected chi connectivity index (χ0v) is 15.3. The van der Waals surface area contributed by atoms with Gasteiger partial charge in [0.1, 0.15) is 12.1 Å². The van der Waals surface area contributed by atoms with E-state index < -0.39 is 35.8 Å². The van der Waals surface area contributed by atoms with Crippen molar-refractivity contribution < 1.29 is 24.3 Å². The number of imidazole rings is 1. The van der Waals surface area contributed by atoms with E-state index >= 15 is 0 Å². The van der Waals surface area contributed by atoms with E-state index in [2.05, 4.69) is 25.9 Å². The van der Waals surface area contributed by atoms with Crippen LogP contribution in [-0.4, -0.2) is 63.9 Å². The first-order chi connectivity index (χ1) is 12.7. The third kappa shape index (κ3) is 8.31. The lowest BCUT2D eigenvalue weighted by molar-refractivity contribution is -0.142. The highest BCUT2D eigenvalue weighted by molar-refractivity contribution is 5.92. The molecule has 0 fully saturated rings. The third-order valence-electron chi connectivity index (χ3n) is 3.58. The number of amides is 3. The van der Waals surface area contributed by atoms with Crippen molar-refractivity contribution >= 4 is 23.7 Å². The molecule has 27 heavy (non-hydrogen) atoms. The third-order valence-corrected chi connectivity index (χ3v) is 3.58. The standard InChI is InChI=1S/C16H26N6O5/c1-9(2)3-12(16(26)27)22-15(25)11(4-10-6-18-8-20-10)21-14(24)7-19-13(23)5-17/h6,8-9,11-12H,3-5,7,17H2,1-2H3,(H,18,20)(H,19,23)(H,21,24)(H,22,25)(H,26,27). The molecule has 0 aliphatic rings. The average Bonchev–Trinajstić information content (AvgIpc) is 3.10. The number of carboxylic acid groups (broad SMARTS) is 1. The Balaban J connectivity index is 2.80. The quantitative estimate of drug-likeness (QED) is 0.259. The number of carbonyl (C=O) groups is 4. The molecular formula is C16H26N6O5. The second kappa shape index (κ2) is 10.9. The molecule has 0 aliphatic carbocycles. The van der Waals surface area contributed by atoms with Crippen molar-refractivity contribution in [2.24, 2.45) is 11.7 Å². The molecule has 0 aliphatic heterocycles. The Labute approximate surface area is 156 Å². The van der Waals surface area contributed by atoms with Gasteiger partial charge in [0.25, 0.3) is 0 Å². The predicted octanol–water partition coefficient (Wildman–Crippen LogP) is -1.87. The molecule has 0 bridgehead atoms. The Morgan fingerprint density at radius 3 is 2.41 bits per heavy atom. The van der Waals surface area contributed by atoms with E-state index in [4.69, 9.17) is 5.73 Å². The zero-order valence-electron chi connectivity index (χ0n) is 15.3. The van der Waals surface area contributed by atoms with Gasteiger partial charge in [-0.25, -0.2) is 9.78 Å². The van der Waals surface area contributed by atoms with Crippen LogP contribution >= 0.6 is 0 Å². The summed E-state index contributed by atoms with van der Waals surface area (Å²) in [5.74, 6) is -2.86. The van der Waals surface area contributed by atoms with Gasteiger partial charge in [0.05, 0.1) is 19.4 Å². The summed E-state index contributed by atoms with van der Waals surface area (Å²) in [7, 11) is 0. The summed E-state index contributed by atoms with van der Waals surface area (Å²) in [6, 6.07) is -2.11. The van der Waals surface area contributed by atoms with Crippen molar-refractivity contribution in [1.82, 2.24) is 25.9 Å². The van der Waals surface area contributed by atoms with Crippen LogP contribution in [-0.2, 0) is 25.6 Å². The van der Waals surface area contributed by atoms with E-state index in [0.717, 1.165) is 0 Å². The molecule has 11 nitrogen and oxygen atoms in total. The van der Waals surface area contributed by atoms with Crippen LogP contribution in [0.4, 0.5) is 0 Å². The van der Waals surface area contributed by atoms with Crippen LogP contribution in [0.5, 0.6) is 0 Å². The van der Waals surface area contributed by atoms with E-state index in [-0.39, 0.29) is 31.8 Å². The number of nitrogens with zero attached hydrogens (tertiary/aromatic N) is 1. The van der Waals surface area contributed by atoms with Crippen LogP contribution in [0, 0.1) is 5.92 Å². The predicted molar refractivity (Wildman–Crippen MR) is 95.3 cm³/mol. The summed E-state index contributed by atoms with van der Waals surface area (Å²) in [5, 5.41) is 16.5. The number of aromatic amines is 1. The molecule has 0 spiro atoms. The van der Waals surface area contributed by atoms with Gasteiger partial charge >= 0.3 is 5.97 Å². The Kier molecular flexibility index (Phi) is 8.93. The molecule has 1 rings (SSSR count). The molecule has 150 valence electrons. The fraction of sp³-hybridized carbons (Fsp3) is 0.562. The van der Waals surface area contributed by atoms with E-state index in [1.165, 1.54) is 12.5 Å². The molecule has 2 unspecified atom stereocenters. The lowest BCUT2D eigenvalue weighted by atomic mass is 10.0. The van der Waals surface area contributed by atoms with Crippen molar-refractivity contribution in [1.29, 1.82) is 0 Å². The summed E-state index contributed by atoms with van der Waals surface area (Å²) >= 11 is 0. The molecule has 7 N–H and O–H groups in total. The van der Waals surface area contributed by atoms with E-state index in [0.29, 0.717) is 5.69 Å². The first-order valence-electron chi connectivity index (χ1n) is 8.49. The maximum atomic E-state index is 12.6. The SMILES string of the molecule is CC(C)CC(NC(=O)C(Cc1cnc[nH]1)NC(=O)CNC(=O)CN)C(=O)O. The molecular weight excluding hydrogens is 356 g/mol. The summed E-state index contributed by atoms with van der Waals surface area (Å²) in [6.45, 7) is 3.07. The Hall–Kier alpha value is -2.95. The van der Waals surface area contributed by atoms with E-state index in [1.54, 1.807) is 0 Å². The fourth-order valence-electron chi connectivity index (χ4n) is 2.29. The molecule has 0 saturated heterocycles. The maximum absolute atomic E-state index is 12.6. The lowest BCUT2D eigenvalue weighted by Crippen LogP contribution is -2.54. The second-order valence-corrected chi connectivity index (χ2v) is 6.41. The molecule has 2 atom stereocenters. The molecule has 1 aromatic rings. The minimum absolute atomic E-state index is 0.0542. The highest BCUT2D eigenvalue weighted by atomic mass is 16.4. The van der Waals surface area contributed by atoms with Gasteiger partial charge in [-0.2, -0.15) is 0 Å². The molecule has 0 radical (unpaired) electrons. The first kappa shape index (κ1) is 22.1. The van der Waals surface area contributed by atoms with Gasteiger partial charge in [-0.05, 0) is 12.3 Å². The van der Waals surface area contributed by atoms with Gasteiger partial charge in [-0.3, -0.25) is 14.4 Å². The van der Waals surface area contributed by atoms with Gasteiger partial charge in [0.15, 0.2) is 0 Å². The Morgan fingerprint density at radius 1 is 1.19 bits per heavy atom. The van der Waals surface area contributed by atoms with E-state index in [9.17, 15) is 24.3 Å². The van der Waals surface area contributed by atoms with Crippen molar-refractivity contribution in [2.75, 3.05) is 13.1 Å². The monoisotopic (exact) mass is 382 g/mol. The number of nitrogens with two attached hydrogens (primary N) is 1. The number of aliphatic carboxylic acids is 1. The Morgan fingerprint density at radius 2 is 1.89 bits per heavy atom. The van der Waals surface area contributed by atoms with Gasteiger partial charge in [-0.15, -0.1) is 0 Å². The van der Waals surface area contributed by atoms with Gasteiger partial charge < -0.3 is 31.8 Å². The van der Waals surface area contributed by atoms with Crippen LogP contribution in [0.25, 0.3) is 0 Å². The smallest absolute Gasteiger partial charge is 0.326 e.